The van der Waals surface area contributed by atoms with Crippen molar-refractivity contribution in [3.8, 4) is 11.5 Å². The smallest absolute Gasteiger partial charge is 0.418 e. The molecule has 12 nitrogen and oxygen atoms in total. The lowest BCUT2D eigenvalue weighted by Gasteiger charge is -2.39. The number of rotatable bonds is 16. The van der Waals surface area contributed by atoms with Crippen molar-refractivity contribution in [2.75, 3.05) is 7.11 Å². The summed E-state index contributed by atoms with van der Waals surface area (Å²) < 4.78 is 61.8. The molecule has 312 valence electrons. The first-order valence-corrected chi connectivity index (χ1v) is 19.3. The van der Waals surface area contributed by atoms with Crippen molar-refractivity contribution in [3.05, 3.63) is 94.4 Å². The van der Waals surface area contributed by atoms with Crippen molar-refractivity contribution in [3.63, 3.8) is 0 Å². The Bertz CT molecular complexity index is 2140. The summed E-state index contributed by atoms with van der Waals surface area (Å²) in [6.07, 6.45) is -4.34. The van der Waals surface area contributed by atoms with Crippen molar-refractivity contribution in [2.45, 2.75) is 96.6 Å². The minimum Gasteiger partial charge on any atom is -0.504 e. The number of ether oxygens (including phenoxy) is 1. The molecule has 4 amide bonds. The van der Waals surface area contributed by atoms with Gasteiger partial charge in [-0.25, -0.2) is 9.82 Å². The Balaban J connectivity index is 1.45. The highest BCUT2D eigenvalue weighted by Gasteiger charge is 2.47. The second-order valence-electron chi connectivity index (χ2n) is 14.9. The summed E-state index contributed by atoms with van der Waals surface area (Å²) in [5, 5.41) is 18.8. The van der Waals surface area contributed by atoms with Crippen LogP contribution in [-0.2, 0) is 51.2 Å². The van der Waals surface area contributed by atoms with E-state index < -0.39 is 70.6 Å². The van der Waals surface area contributed by atoms with Gasteiger partial charge in [0.15, 0.2) is 11.5 Å². The van der Waals surface area contributed by atoms with E-state index in [9.17, 15) is 41.8 Å². The molecule has 1 aliphatic carbocycles. The number of alkyl halides is 3. The van der Waals surface area contributed by atoms with Crippen molar-refractivity contribution in [1.29, 1.82) is 0 Å². The lowest BCUT2D eigenvalue weighted by Crippen LogP contribution is -2.67. The van der Waals surface area contributed by atoms with Crippen LogP contribution < -0.4 is 31.5 Å². The number of hydrogen-bond donors (Lipinski definition) is 7. The average Bonchev–Trinajstić information content (AvgIpc) is 3.56. The molecule has 0 bridgehead atoms. The predicted octanol–water partition coefficient (Wildman–Crippen LogP) is 5.51. The Labute approximate surface area is 333 Å². The van der Waals surface area contributed by atoms with Gasteiger partial charge in [-0.05, 0) is 65.6 Å². The number of aromatic amines is 1. The highest BCUT2D eigenvalue weighted by molar-refractivity contribution is 5.98. The van der Waals surface area contributed by atoms with E-state index in [1.54, 1.807) is 32.0 Å². The van der Waals surface area contributed by atoms with Gasteiger partial charge in [-0.2, -0.15) is 13.2 Å². The molecule has 0 saturated carbocycles. The average molecular weight is 811 g/mol. The maximum Gasteiger partial charge on any atom is 0.418 e. The minimum absolute atomic E-state index is 0.0593. The Morgan fingerprint density at radius 2 is 1.62 bits per heavy atom. The zero-order chi connectivity index (χ0) is 42.4. The van der Waals surface area contributed by atoms with E-state index in [1.807, 2.05) is 13.8 Å². The van der Waals surface area contributed by atoms with Crippen LogP contribution in [0.3, 0.4) is 0 Å². The van der Waals surface area contributed by atoms with Crippen LogP contribution >= 0.6 is 0 Å². The second kappa shape index (κ2) is 18.3. The molecule has 2 unspecified atom stereocenters. The number of carbonyl (C=O) groups is 4. The Morgan fingerprint density at radius 3 is 2.26 bits per heavy atom. The van der Waals surface area contributed by atoms with E-state index in [-0.39, 0.29) is 60.2 Å². The van der Waals surface area contributed by atoms with Crippen LogP contribution in [0.1, 0.15) is 74.9 Å². The van der Waals surface area contributed by atoms with Gasteiger partial charge in [-0.3, -0.25) is 24.6 Å². The summed E-state index contributed by atoms with van der Waals surface area (Å²) in [7, 11) is 1.42. The molecule has 16 heteroatoms. The standard InChI is InChI=1S/C42H50F4N6O6/c1-6-23(3)35(49-34(54)20-26-11-8-9-14-30(26)43)38(55)51-41(18-17-31-28(21-41)27-12-10-13-29(37(27)48-31)42(44,45)46)40(57)50-36(24(4)7-2)39(56)52-47-22-25-15-16-33(58-5)32(53)19-25/h8-16,19,23-24,35-36,47-48,53H,6-7,17-18,20-22H2,1-5H3,(H,49,54)(H,50,57)(H,51,55)(H,52,56)/t23?,24?,35-,36-,41+/m0/s1. The maximum atomic E-state index is 14.8. The van der Waals surface area contributed by atoms with E-state index in [2.05, 4.69) is 31.8 Å². The van der Waals surface area contributed by atoms with E-state index in [0.29, 0.717) is 29.7 Å². The third kappa shape index (κ3) is 9.72. The van der Waals surface area contributed by atoms with E-state index in [0.717, 1.165) is 6.07 Å². The first-order valence-electron chi connectivity index (χ1n) is 19.3. The van der Waals surface area contributed by atoms with E-state index >= 15 is 0 Å². The summed E-state index contributed by atoms with van der Waals surface area (Å²) in [6, 6.07) is 11.9. The number of carbonyl (C=O) groups excluding carboxylic acids is 4. The molecular formula is C42H50F4N6O6. The zero-order valence-electron chi connectivity index (χ0n) is 33.0. The lowest BCUT2D eigenvalue weighted by molar-refractivity contribution is -0.139. The van der Waals surface area contributed by atoms with Gasteiger partial charge in [0.25, 0.3) is 5.91 Å². The fourth-order valence-corrected chi connectivity index (χ4v) is 7.26. The first kappa shape index (κ1) is 43.5. The molecule has 0 aliphatic heterocycles. The molecule has 1 aliphatic rings. The number of halogens is 4. The molecule has 5 rings (SSSR count). The quantitative estimate of drug-likeness (QED) is 0.0578. The number of fused-ring (bicyclic) bond motifs is 3. The van der Waals surface area contributed by atoms with Crippen molar-refractivity contribution < 1.29 is 46.6 Å². The molecule has 3 aromatic carbocycles. The fraction of sp³-hybridized carbons (Fsp3) is 0.429. The van der Waals surface area contributed by atoms with Crippen LogP contribution in [0.4, 0.5) is 17.6 Å². The number of phenols is 1. The second-order valence-corrected chi connectivity index (χ2v) is 14.9. The van der Waals surface area contributed by atoms with Gasteiger partial charge in [0.2, 0.25) is 17.7 Å². The number of nitrogens with one attached hydrogen (secondary N) is 6. The predicted molar refractivity (Wildman–Crippen MR) is 209 cm³/mol. The Kier molecular flexibility index (Phi) is 13.7. The van der Waals surface area contributed by atoms with E-state index in [4.69, 9.17) is 4.74 Å². The number of aromatic nitrogens is 1. The summed E-state index contributed by atoms with van der Waals surface area (Å²) >= 11 is 0. The summed E-state index contributed by atoms with van der Waals surface area (Å²) in [4.78, 5) is 59.0. The molecule has 0 fully saturated rings. The van der Waals surface area contributed by atoms with Crippen LogP contribution in [0.15, 0.2) is 60.7 Å². The van der Waals surface area contributed by atoms with Crippen LogP contribution in [0, 0.1) is 17.7 Å². The topological polar surface area (TPSA) is 174 Å². The number of hydrogen-bond acceptors (Lipinski definition) is 7. The largest absolute Gasteiger partial charge is 0.504 e. The molecule has 1 heterocycles. The van der Waals surface area contributed by atoms with Gasteiger partial charge in [0.05, 0.1) is 24.6 Å². The molecule has 4 aromatic rings. The number of benzene rings is 3. The Hall–Kier alpha value is -5.64. The van der Waals surface area contributed by atoms with Gasteiger partial charge < -0.3 is 30.8 Å². The molecule has 0 saturated heterocycles. The first-order chi connectivity index (χ1) is 27.5. The number of H-pyrrole nitrogens is 1. The molecule has 5 atom stereocenters. The summed E-state index contributed by atoms with van der Waals surface area (Å²) in [6.45, 7) is 7.25. The minimum atomic E-state index is -4.67. The van der Waals surface area contributed by atoms with E-state index in [1.165, 1.54) is 43.5 Å². The summed E-state index contributed by atoms with van der Waals surface area (Å²) in [5.74, 6) is -3.97. The van der Waals surface area contributed by atoms with Gasteiger partial charge in [0.1, 0.15) is 23.4 Å². The third-order valence-corrected chi connectivity index (χ3v) is 11.1. The molecular weight excluding hydrogens is 760 g/mol. The highest BCUT2D eigenvalue weighted by Crippen LogP contribution is 2.40. The van der Waals surface area contributed by atoms with Gasteiger partial charge >= 0.3 is 6.18 Å². The molecule has 58 heavy (non-hydrogen) atoms. The SMILES string of the molecule is CCC(C)[C@H](NC(=O)Cc1ccccc1F)C(=O)N[C@]1(C(=O)N[C@H](C(=O)NNCc2ccc(OC)c(O)c2)C(C)CC)CCc2[nH]c3c(C(F)(F)F)cccc3c2C1. The van der Waals surface area contributed by atoms with Gasteiger partial charge in [-0.15, -0.1) is 0 Å². The number of hydrazine groups is 1. The zero-order valence-corrected chi connectivity index (χ0v) is 33.0. The lowest BCUT2D eigenvalue weighted by atomic mass is 9.78. The fourth-order valence-electron chi connectivity index (χ4n) is 7.26. The normalized spacial score (nSPS) is 17.3. The van der Waals surface area contributed by atoms with Crippen molar-refractivity contribution >= 4 is 34.5 Å². The summed E-state index contributed by atoms with van der Waals surface area (Å²) in [5.41, 5.74) is 4.24. The number of phenolic OH excluding ortho intramolecular Hbond substituents is 1. The van der Waals surface area contributed by atoms with Crippen LogP contribution in [0.25, 0.3) is 10.9 Å². The van der Waals surface area contributed by atoms with Crippen molar-refractivity contribution in [2.24, 2.45) is 11.8 Å². The van der Waals surface area contributed by atoms with Crippen LogP contribution in [0.5, 0.6) is 11.5 Å². The van der Waals surface area contributed by atoms with Gasteiger partial charge in [-0.1, -0.05) is 76.9 Å². The molecule has 0 spiro atoms. The number of amides is 4. The van der Waals surface area contributed by atoms with Crippen LogP contribution in [0.2, 0.25) is 0 Å². The number of aryl methyl sites for hydroxylation is 1. The molecule has 0 radical (unpaired) electrons. The number of methoxy groups -OCH3 is 1. The Morgan fingerprint density at radius 1 is 0.931 bits per heavy atom. The molecule has 1 aromatic heterocycles. The molecule has 7 N–H and O–H groups in total. The highest BCUT2D eigenvalue weighted by atomic mass is 19.4. The third-order valence-electron chi connectivity index (χ3n) is 11.1. The number of para-hydroxylation sites is 1. The maximum absolute atomic E-state index is 14.8. The van der Waals surface area contributed by atoms with Crippen LogP contribution in [-0.4, -0.2) is 58.5 Å². The van der Waals surface area contributed by atoms with Gasteiger partial charge in [0, 0.05) is 24.0 Å². The van der Waals surface area contributed by atoms with Crippen molar-refractivity contribution in [1.82, 2.24) is 31.8 Å². The monoisotopic (exact) mass is 810 g/mol. The number of aromatic hydroxyl groups is 1.